The number of morpholine rings is 1. The molecule has 1 aliphatic rings. The number of nitrogens with zero attached hydrogens (tertiary/aromatic N) is 2. The minimum atomic E-state index is -0.432. The molecule has 1 fully saturated rings. The van der Waals surface area contributed by atoms with Gasteiger partial charge in [-0.15, -0.1) is 11.3 Å². The molecule has 4 rings (SSSR count). The molecule has 0 bridgehead atoms. The summed E-state index contributed by atoms with van der Waals surface area (Å²) in [6.45, 7) is 3.31. The SMILES string of the molecule is O=C(OCC1CN(Cc2ccccc2)CCO1)c1csc(-c2cccc(Cl)c2)n1. The number of thiazole rings is 1. The molecule has 3 aromatic rings. The Bertz CT molecular complexity index is 963. The average Bonchev–Trinajstić information content (AvgIpc) is 3.24. The Morgan fingerprint density at radius 3 is 2.93 bits per heavy atom. The molecule has 5 nitrogen and oxygen atoms in total. The van der Waals surface area contributed by atoms with Crippen LogP contribution in [0.15, 0.2) is 60.0 Å². The van der Waals surface area contributed by atoms with Crippen molar-refractivity contribution in [1.29, 1.82) is 0 Å². The second kappa shape index (κ2) is 9.50. The molecule has 0 spiro atoms. The Kier molecular flexibility index (Phi) is 6.56. The lowest BCUT2D eigenvalue weighted by Crippen LogP contribution is -2.44. The van der Waals surface area contributed by atoms with Gasteiger partial charge >= 0.3 is 5.97 Å². The van der Waals surface area contributed by atoms with Crippen LogP contribution in [-0.2, 0) is 16.0 Å². The number of carbonyl (C=O) groups is 1. The molecule has 1 aliphatic heterocycles. The van der Waals surface area contributed by atoms with E-state index in [1.54, 1.807) is 11.4 Å². The fraction of sp³-hybridized carbons (Fsp3) is 0.273. The number of halogens is 1. The molecule has 1 saturated heterocycles. The minimum absolute atomic E-state index is 0.137. The zero-order chi connectivity index (χ0) is 20.1. The maximum Gasteiger partial charge on any atom is 0.357 e. The predicted molar refractivity (Wildman–Crippen MR) is 114 cm³/mol. The molecule has 1 atom stereocenters. The zero-order valence-electron chi connectivity index (χ0n) is 15.8. The van der Waals surface area contributed by atoms with E-state index in [1.165, 1.54) is 16.9 Å². The summed E-state index contributed by atoms with van der Waals surface area (Å²) in [6.07, 6.45) is -0.137. The summed E-state index contributed by atoms with van der Waals surface area (Å²) in [5.74, 6) is -0.432. The van der Waals surface area contributed by atoms with E-state index in [9.17, 15) is 4.79 Å². The molecule has 0 aliphatic carbocycles. The van der Waals surface area contributed by atoms with Gasteiger partial charge in [0, 0.05) is 35.6 Å². The van der Waals surface area contributed by atoms with Gasteiger partial charge in [-0.05, 0) is 17.7 Å². The monoisotopic (exact) mass is 428 g/mol. The molecule has 0 amide bonds. The molecular formula is C22H21ClN2O3S. The van der Waals surface area contributed by atoms with Crippen LogP contribution in [0.4, 0.5) is 0 Å². The van der Waals surface area contributed by atoms with E-state index in [0.717, 1.165) is 30.2 Å². The van der Waals surface area contributed by atoms with Gasteiger partial charge in [-0.1, -0.05) is 54.1 Å². The van der Waals surface area contributed by atoms with E-state index in [1.807, 2.05) is 36.4 Å². The highest BCUT2D eigenvalue weighted by atomic mass is 35.5. The van der Waals surface area contributed by atoms with Gasteiger partial charge in [-0.3, -0.25) is 4.90 Å². The lowest BCUT2D eigenvalue weighted by atomic mass is 10.2. The van der Waals surface area contributed by atoms with E-state index in [-0.39, 0.29) is 12.7 Å². The summed E-state index contributed by atoms with van der Waals surface area (Å²) >= 11 is 7.42. The Morgan fingerprint density at radius 2 is 2.10 bits per heavy atom. The number of hydrogen-bond donors (Lipinski definition) is 0. The Balaban J connectivity index is 1.30. The van der Waals surface area contributed by atoms with Gasteiger partial charge in [0.2, 0.25) is 0 Å². The summed E-state index contributed by atoms with van der Waals surface area (Å²) in [4.78, 5) is 19.1. The van der Waals surface area contributed by atoms with E-state index in [2.05, 4.69) is 22.0 Å². The first kappa shape index (κ1) is 20.0. The second-order valence-electron chi connectivity index (χ2n) is 6.86. The van der Waals surface area contributed by atoms with Crippen molar-refractivity contribution in [3.8, 4) is 10.6 Å². The lowest BCUT2D eigenvalue weighted by Gasteiger charge is -2.32. The maximum absolute atomic E-state index is 12.4. The molecule has 29 heavy (non-hydrogen) atoms. The lowest BCUT2D eigenvalue weighted by molar-refractivity contribution is -0.0613. The summed E-state index contributed by atoms with van der Waals surface area (Å²) in [5, 5.41) is 3.08. The van der Waals surface area contributed by atoms with Crippen molar-refractivity contribution in [3.05, 3.63) is 76.3 Å². The van der Waals surface area contributed by atoms with Gasteiger partial charge < -0.3 is 9.47 Å². The van der Waals surface area contributed by atoms with Crippen molar-refractivity contribution < 1.29 is 14.3 Å². The number of rotatable bonds is 6. The van der Waals surface area contributed by atoms with E-state index >= 15 is 0 Å². The number of hydrogen-bond acceptors (Lipinski definition) is 6. The van der Waals surface area contributed by atoms with E-state index in [0.29, 0.717) is 17.3 Å². The van der Waals surface area contributed by atoms with Gasteiger partial charge in [-0.25, -0.2) is 9.78 Å². The highest BCUT2D eigenvalue weighted by molar-refractivity contribution is 7.13. The predicted octanol–water partition coefficient (Wildman–Crippen LogP) is 4.52. The summed E-state index contributed by atoms with van der Waals surface area (Å²) in [5.41, 5.74) is 2.46. The van der Waals surface area contributed by atoms with Crippen molar-refractivity contribution in [2.45, 2.75) is 12.6 Å². The number of ether oxygens (including phenoxy) is 2. The van der Waals surface area contributed by atoms with Crippen molar-refractivity contribution >= 4 is 28.9 Å². The smallest absolute Gasteiger partial charge is 0.357 e. The van der Waals surface area contributed by atoms with Crippen LogP contribution < -0.4 is 0 Å². The van der Waals surface area contributed by atoms with Crippen LogP contribution >= 0.6 is 22.9 Å². The quantitative estimate of drug-likeness (QED) is 0.540. The molecular weight excluding hydrogens is 408 g/mol. The maximum atomic E-state index is 12.4. The Hall–Kier alpha value is -2.25. The van der Waals surface area contributed by atoms with E-state index < -0.39 is 5.97 Å². The van der Waals surface area contributed by atoms with Gasteiger partial charge in [-0.2, -0.15) is 0 Å². The fourth-order valence-electron chi connectivity index (χ4n) is 3.23. The molecule has 2 aromatic carbocycles. The molecule has 0 radical (unpaired) electrons. The first-order chi connectivity index (χ1) is 14.2. The van der Waals surface area contributed by atoms with Crippen molar-refractivity contribution in [2.75, 3.05) is 26.3 Å². The van der Waals surface area contributed by atoms with Crippen molar-refractivity contribution in [3.63, 3.8) is 0 Å². The molecule has 1 unspecified atom stereocenters. The molecule has 0 N–H and O–H groups in total. The fourth-order valence-corrected chi connectivity index (χ4v) is 4.21. The van der Waals surface area contributed by atoms with Crippen LogP contribution in [0, 0.1) is 0 Å². The van der Waals surface area contributed by atoms with Crippen LogP contribution in [0.25, 0.3) is 10.6 Å². The normalized spacial score (nSPS) is 17.2. The Labute approximate surface area is 178 Å². The third-order valence-corrected chi connectivity index (χ3v) is 5.78. The topological polar surface area (TPSA) is 51.7 Å². The van der Waals surface area contributed by atoms with Crippen LogP contribution in [0.2, 0.25) is 5.02 Å². The Morgan fingerprint density at radius 1 is 1.24 bits per heavy atom. The number of esters is 1. The van der Waals surface area contributed by atoms with Crippen molar-refractivity contribution in [2.24, 2.45) is 0 Å². The van der Waals surface area contributed by atoms with Crippen LogP contribution in [0.5, 0.6) is 0 Å². The molecule has 1 aromatic heterocycles. The van der Waals surface area contributed by atoms with Crippen LogP contribution in [-0.4, -0.2) is 48.3 Å². The zero-order valence-corrected chi connectivity index (χ0v) is 17.4. The second-order valence-corrected chi connectivity index (χ2v) is 8.15. The summed E-state index contributed by atoms with van der Waals surface area (Å²) in [6, 6.07) is 17.7. The summed E-state index contributed by atoms with van der Waals surface area (Å²) in [7, 11) is 0. The average molecular weight is 429 g/mol. The third-order valence-electron chi connectivity index (χ3n) is 4.66. The molecule has 0 saturated carbocycles. The molecule has 7 heteroatoms. The highest BCUT2D eigenvalue weighted by Gasteiger charge is 2.23. The minimum Gasteiger partial charge on any atom is -0.458 e. The number of aromatic nitrogens is 1. The third kappa shape index (κ3) is 5.42. The van der Waals surface area contributed by atoms with Gasteiger partial charge in [0.05, 0.1) is 6.61 Å². The standard InChI is InChI=1S/C22H21ClN2O3S/c23-18-8-4-7-17(11-18)21-24-20(15-29-21)22(26)28-14-19-13-25(9-10-27-19)12-16-5-2-1-3-6-16/h1-8,11,15,19H,9-10,12-14H2. The summed E-state index contributed by atoms with van der Waals surface area (Å²) < 4.78 is 11.2. The van der Waals surface area contributed by atoms with Gasteiger partial charge in [0.15, 0.2) is 5.69 Å². The number of benzene rings is 2. The van der Waals surface area contributed by atoms with Gasteiger partial charge in [0.1, 0.15) is 17.7 Å². The van der Waals surface area contributed by atoms with Crippen LogP contribution in [0.3, 0.4) is 0 Å². The van der Waals surface area contributed by atoms with Crippen molar-refractivity contribution in [1.82, 2.24) is 9.88 Å². The molecule has 150 valence electrons. The van der Waals surface area contributed by atoms with Gasteiger partial charge in [0.25, 0.3) is 0 Å². The number of carbonyl (C=O) groups excluding carboxylic acids is 1. The van der Waals surface area contributed by atoms with E-state index in [4.69, 9.17) is 21.1 Å². The molecule has 2 heterocycles. The largest absolute Gasteiger partial charge is 0.458 e. The van der Waals surface area contributed by atoms with Crippen LogP contribution in [0.1, 0.15) is 16.1 Å². The first-order valence-electron chi connectivity index (χ1n) is 9.44. The first-order valence-corrected chi connectivity index (χ1v) is 10.7. The highest BCUT2D eigenvalue weighted by Crippen LogP contribution is 2.26.